The van der Waals surface area contributed by atoms with Crippen LogP contribution in [0.25, 0.3) is 5.69 Å². The summed E-state index contributed by atoms with van der Waals surface area (Å²) in [7, 11) is -4.64. The highest BCUT2D eigenvalue weighted by Crippen LogP contribution is 2.43. The van der Waals surface area contributed by atoms with Crippen LogP contribution in [0.4, 0.5) is 32.2 Å². The van der Waals surface area contributed by atoms with E-state index in [4.69, 9.17) is 5.26 Å². The van der Waals surface area contributed by atoms with E-state index < -0.39 is 68.4 Å². The molecule has 0 amide bonds. The van der Waals surface area contributed by atoms with Gasteiger partial charge in [0.05, 0.1) is 38.7 Å². The third-order valence-corrected chi connectivity index (χ3v) is 12.6. The first-order valence-corrected chi connectivity index (χ1v) is 20.4. The molecule has 3 aromatic rings. The fraction of sp³-hybridized carbons (Fsp3) is 0.564. The number of carboxylic acids is 1. The molecule has 0 bridgehead atoms. The number of benzene rings is 2. The first-order valence-electron chi connectivity index (χ1n) is 18.8. The molecule has 2 N–H and O–H groups in total. The zero-order chi connectivity index (χ0) is 40.0. The van der Waals surface area contributed by atoms with Gasteiger partial charge in [-0.25, -0.2) is 17.9 Å². The number of halogens is 6. The van der Waals surface area contributed by atoms with Crippen molar-refractivity contribution in [3.05, 3.63) is 71.4 Å². The summed E-state index contributed by atoms with van der Waals surface area (Å²) < 4.78 is 108. The number of unbranched alkanes of at least 4 members (excludes halogenated alkanes) is 7. The molecule has 1 aliphatic heterocycles. The molecule has 0 radical (unpaired) electrons. The van der Waals surface area contributed by atoms with Crippen molar-refractivity contribution in [2.75, 3.05) is 18.0 Å². The van der Waals surface area contributed by atoms with Crippen LogP contribution in [-0.2, 0) is 27.0 Å². The van der Waals surface area contributed by atoms with E-state index in [-0.39, 0.29) is 23.0 Å². The molecule has 2 aliphatic carbocycles. The Balaban J connectivity index is 0.000000305. The average Bonchev–Trinajstić information content (AvgIpc) is 4.05. The lowest BCUT2D eigenvalue weighted by molar-refractivity contribution is -0.140. The summed E-state index contributed by atoms with van der Waals surface area (Å²) in [6.45, 7) is 2.83. The van der Waals surface area contributed by atoms with Crippen molar-refractivity contribution in [3.63, 3.8) is 0 Å². The molecule has 0 spiro atoms. The van der Waals surface area contributed by atoms with Gasteiger partial charge < -0.3 is 10.0 Å². The third kappa shape index (κ3) is 10.6. The Morgan fingerprint density at radius 1 is 0.945 bits per heavy atom. The fourth-order valence-corrected chi connectivity index (χ4v) is 8.74. The smallest absolute Gasteiger partial charge is 0.417 e. The molecule has 2 heterocycles. The van der Waals surface area contributed by atoms with Crippen LogP contribution in [-0.4, -0.2) is 59.2 Å². The first kappa shape index (κ1) is 42.1. The highest BCUT2D eigenvalue weighted by molar-refractivity contribution is 7.92. The number of carbonyl (C=O) groups is 1. The number of aliphatic carboxylic acids is 1. The normalized spacial score (nSPS) is 19.4. The van der Waals surface area contributed by atoms with E-state index in [1.54, 1.807) is 6.07 Å². The van der Waals surface area contributed by atoms with Crippen molar-refractivity contribution >= 4 is 21.6 Å². The number of rotatable bonds is 16. The number of nitrogens with zero attached hydrogens (tertiary/aromatic N) is 4. The lowest BCUT2D eigenvalue weighted by Gasteiger charge is -2.24. The van der Waals surface area contributed by atoms with Crippen LogP contribution in [0.5, 0.6) is 0 Å². The maximum atomic E-state index is 13.6. The maximum absolute atomic E-state index is 13.6. The van der Waals surface area contributed by atoms with Crippen LogP contribution in [0.1, 0.15) is 113 Å². The summed E-state index contributed by atoms with van der Waals surface area (Å²) in [4.78, 5) is 12.5. The molecule has 0 unspecified atom stereocenters. The van der Waals surface area contributed by atoms with Gasteiger partial charge in [-0.1, -0.05) is 64.0 Å². The second-order valence-corrected chi connectivity index (χ2v) is 16.9. The van der Waals surface area contributed by atoms with E-state index in [0.29, 0.717) is 11.8 Å². The number of anilines is 1. The summed E-state index contributed by atoms with van der Waals surface area (Å²) >= 11 is 0. The third-order valence-electron chi connectivity index (χ3n) is 10.4. The summed E-state index contributed by atoms with van der Waals surface area (Å²) in [5.41, 5.74) is -1.62. The van der Waals surface area contributed by atoms with E-state index in [1.165, 1.54) is 60.9 Å². The molecule has 9 nitrogen and oxygen atoms in total. The van der Waals surface area contributed by atoms with Crippen LogP contribution in [0.15, 0.2) is 59.5 Å². The molecule has 55 heavy (non-hydrogen) atoms. The Kier molecular flexibility index (Phi) is 13.3. The van der Waals surface area contributed by atoms with Crippen LogP contribution < -0.4 is 10.2 Å². The van der Waals surface area contributed by atoms with Gasteiger partial charge in [0.2, 0.25) is 0 Å². The molecule has 2 atom stereocenters. The Labute approximate surface area is 317 Å². The highest BCUT2D eigenvalue weighted by Gasteiger charge is 2.48. The lowest BCUT2D eigenvalue weighted by atomic mass is 10.1. The van der Waals surface area contributed by atoms with E-state index in [0.717, 1.165) is 74.7 Å². The number of sulfone groups is 1. The van der Waals surface area contributed by atoms with Gasteiger partial charge >= 0.3 is 18.3 Å². The molecule has 1 aromatic heterocycles. The van der Waals surface area contributed by atoms with E-state index in [2.05, 4.69) is 23.4 Å². The standard InChI is InChI=1S/C25H21F6N3O4S.C14H26N2/c26-24(27,28)15-7-9-16(10-8-15)34-22(12-19(32-34)14-5-6-14)33-13-17(11-20(33)23(35)36)39(37,38)21-4-2-1-3-18(21)25(29,30)31;1-2-3-4-5-6-7-8-9-12-16-14(13-15)10-11-14/h1-4,7-10,12,14,17,20H,5-6,11,13H2,(H,35,36);16H,2-12H2,1H3/t17-,20+;/m1./s1. The van der Waals surface area contributed by atoms with Gasteiger partial charge in [-0.15, -0.1) is 0 Å². The molecule has 1 saturated heterocycles. The second kappa shape index (κ2) is 17.4. The highest BCUT2D eigenvalue weighted by atomic mass is 32.2. The van der Waals surface area contributed by atoms with Crippen molar-refractivity contribution < 1.29 is 44.7 Å². The van der Waals surface area contributed by atoms with Crippen LogP contribution in [0, 0.1) is 11.3 Å². The molecular formula is C39H47F6N5O4S. The number of nitrogens with one attached hydrogen (secondary N) is 1. The van der Waals surface area contributed by atoms with Crippen LogP contribution in [0.2, 0.25) is 0 Å². The van der Waals surface area contributed by atoms with E-state index in [1.807, 2.05) is 0 Å². The molecule has 2 aromatic carbocycles. The largest absolute Gasteiger partial charge is 0.480 e. The Hall–Kier alpha value is -4.10. The molecule has 2 saturated carbocycles. The maximum Gasteiger partial charge on any atom is 0.417 e. The Morgan fingerprint density at radius 3 is 2.11 bits per heavy atom. The average molecular weight is 796 g/mol. The summed E-state index contributed by atoms with van der Waals surface area (Å²) in [6, 6.07) is 10.2. The summed E-state index contributed by atoms with van der Waals surface area (Å²) in [5.74, 6) is -1.21. The first-order chi connectivity index (χ1) is 26.0. The number of hydrogen-bond donors (Lipinski definition) is 2. The van der Waals surface area contributed by atoms with Crippen molar-refractivity contribution in [3.8, 4) is 11.8 Å². The predicted octanol–water partition coefficient (Wildman–Crippen LogP) is 9.07. The number of nitriles is 1. The van der Waals surface area contributed by atoms with Gasteiger partial charge in [-0.2, -0.15) is 36.7 Å². The minimum atomic E-state index is -4.95. The molecule has 300 valence electrons. The molecule has 6 rings (SSSR count). The number of carboxylic acid groups (broad SMARTS) is 1. The molecular weight excluding hydrogens is 749 g/mol. The number of aromatic nitrogens is 2. The van der Waals surface area contributed by atoms with Gasteiger partial charge in [0.25, 0.3) is 0 Å². The topological polar surface area (TPSA) is 128 Å². The summed E-state index contributed by atoms with van der Waals surface area (Å²) in [6.07, 6.45) is 4.54. The molecule has 16 heteroatoms. The van der Waals surface area contributed by atoms with E-state index in [9.17, 15) is 44.7 Å². The second-order valence-electron chi connectivity index (χ2n) is 14.7. The van der Waals surface area contributed by atoms with Crippen LogP contribution >= 0.6 is 0 Å². The lowest BCUT2D eigenvalue weighted by Crippen LogP contribution is -2.37. The Bertz CT molecular complexity index is 1920. The fourth-order valence-electron chi connectivity index (χ4n) is 6.83. The molecule has 3 aliphatic rings. The van der Waals surface area contributed by atoms with Crippen LogP contribution in [0.3, 0.4) is 0 Å². The van der Waals surface area contributed by atoms with Crippen molar-refractivity contribution in [2.45, 2.75) is 130 Å². The number of alkyl halides is 6. The Morgan fingerprint density at radius 2 is 1.56 bits per heavy atom. The monoisotopic (exact) mass is 795 g/mol. The van der Waals surface area contributed by atoms with Gasteiger partial charge in [0.1, 0.15) is 17.4 Å². The SMILES string of the molecule is CCCCCCCCCCNC1(C#N)CC1.O=C(O)[C@@H]1C[C@@H](S(=O)(=O)c2ccccc2C(F)(F)F)CN1c1cc(C2CC2)nn1-c1ccc(C(F)(F)F)cc1. The van der Waals surface area contributed by atoms with Crippen molar-refractivity contribution in [1.82, 2.24) is 15.1 Å². The van der Waals surface area contributed by atoms with Crippen molar-refractivity contribution in [2.24, 2.45) is 0 Å². The summed E-state index contributed by atoms with van der Waals surface area (Å²) in [5, 5.41) is 25.1. The minimum absolute atomic E-state index is 0.0588. The van der Waals surface area contributed by atoms with Crippen molar-refractivity contribution in [1.29, 1.82) is 5.26 Å². The van der Waals surface area contributed by atoms with Gasteiger partial charge in [-0.3, -0.25) is 5.32 Å². The number of hydrogen-bond acceptors (Lipinski definition) is 7. The minimum Gasteiger partial charge on any atom is -0.480 e. The van der Waals surface area contributed by atoms with Gasteiger partial charge in [0.15, 0.2) is 9.84 Å². The molecule has 3 fully saturated rings. The van der Waals surface area contributed by atoms with Gasteiger partial charge in [-0.05, 0) is 81.5 Å². The quantitative estimate of drug-likeness (QED) is 0.109. The van der Waals surface area contributed by atoms with Gasteiger partial charge in [0, 0.05) is 18.5 Å². The zero-order valence-electron chi connectivity index (χ0n) is 30.7. The zero-order valence-corrected chi connectivity index (χ0v) is 31.5. The van der Waals surface area contributed by atoms with E-state index >= 15 is 0 Å². The predicted molar refractivity (Wildman–Crippen MR) is 195 cm³/mol.